The van der Waals surface area contributed by atoms with Crippen molar-refractivity contribution in [3.63, 3.8) is 0 Å². The smallest absolute Gasteiger partial charge is 0.341 e. The minimum Gasteiger partial charge on any atom is -0.477 e. The Labute approximate surface area is 110 Å². The van der Waals surface area contributed by atoms with E-state index in [0.29, 0.717) is 0 Å². The summed E-state index contributed by atoms with van der Waals surface area (Å²) in [5.41, 5.74) is 0.0258. The van der Waals surface area contributed by atoms with Crippen molar-refractivity contribution in [2.24, 2.45) is 0 Å². The normalized spacial score (nSPS) is 15.8. The Balaban J connectivity index is 3.02. The Morgan fingerprint density at radius 1 is 1.42 bits per heavy atom. The summed E-state index contributed by atoms with van der Waals surface area (Å²) >= 11 is 0. The monoisotopic (exact) mass is 272 g/mol. The third-order valence-corrected chi connectivity index (χ3v) is 2.51. The summed E-state index contributed by atoms with van der Waals surface area (Å²) in [7, 11) is 0. The van der Waals surface area contributed by atoms with Crippen molar-refractivity contribution in [3.8, 4) is 0 Å². The molecule has 2 unspecified atom stereocenters. The molecule has 0 saturated carbocycles. The summed E-state index contributed by atoms with van der Waals surface area (Å²) < 4.78 is 6.73. The lowest BCUT2D eigenvalue weighted by Gasteiger charge is -2.20. The molecular formula is C12H18NO6+. The van der Waals surface area contributed by atoms with Gasteiger partial charge in [-0.2, -0.15) is 4.57 Å². The predicted molar refractivity (Wildman–Crippen MR) is 63.4 cm³/mol. The zero-order chi connectivity index (χ0) is 14.4. The number of rotatable bonds is 7. The second kappa shape index (κ2) is 7.15. The van der Waals surface area contributed by atoms with Crippen LogP contribution in [0.4, 0.5) is 0 Å². The van der Waals surface area contributed by atoms with Gasteiger partial charge < -0.3 is 25.2 Å². The van der Waals surface area contributed by atoms with E-state index in [0.717, 1.165) is 0 Å². The van der Waals surface area contributed by atoms with E-state index in [2.05, 4.69) is 0 Å². The number of aromatic nitrogens is 1. The van der Waals surface area contributed by atoms with Crippen LogP contribution in [0.2, 0.25) is 0 Å². The van der Waals surface area contributed by atoms with Crippen molar-refractivity contribution < 1.29 is 34.5 Å². The molecule has 7 heteroatoms. The van der Waals surface area contributed by atoms with E-state index in [-0.39, 0.29) is 12.2 Å². The van der Waals surface area contributed by atoms with Crippen LogP contribution in [-0.2, 0) is 4.74 Å². The summed E-state index contributed by atoms with van der Waals surface area (Å²) in [4.78, 5) is 10.9. The molecule has 4 N–H and O–H groups in total. The molecule has 0 aliphatic carbocycles. The average molecular weight is 272 g/mol. The molecule has 106 valence electrons. The van der Waals surface area contributed by atoms with Crippen molar-refractivity contribution >= 4 is 5.97 Å². The number of aliphatic hydroxyl groups is 3. The molecule has 0 bridgehead atoms. The molecular weight excluding hydrogens is 254 g/mol. The first-order chi connectivity index (χ1) is 8.99. The van der Waals surface area contributed by atoms with Gasteiger partial charge in [0.25, 0.3) is 6.23 Å². The fourth-order valence-corrected chi connectivity index (χ4v) is 1.51. The van der Waals surface area contributed by atoms with E-state index < -0.39 is 31.0 Å². The number of carboxylic acids is 1. The largest absolute Gasteiger partial charge is 0.477 e. The second-order valence-electron chi connectivity index (χ2n) is 4.11. The molecule has 0 radical (unpaired) electrons. The topological polar surface area (TPSA) is 111 Å². The van der Waals surface area contributed by atoms with E-state index in [1.807, 2.05) is 0 Å². The van der Waals surface area contributed by atoms with Crippen LogP contribution in [0.15, 0.2) is 24.5 Å². The molecule has 0 saturated heterocycles. The predicted octanol–water partition coefficient (Wildman–Crippen LogP) is -1.08. The number of aliphatic hydroxyl groups excluding tert-OH is 3. The van der Waals surface area contributed by atoms with Gasteiger partial charge in [0.05, 0.1) is 19.3 Å². The van der Waals surface area contributed by atoms with Crippen molar-refractivity contribution in [2.75, 3.05) is 13.2 Å². The van der Waals surface area contributed by atoms with Crippen LogP contribution in [0.25, 0.3) is 0 Å². The number of hydrogen-bond acceptors (Lipinski definition) is 5. The summed E-state index contributed by atoms with van der Waals surface area (Å²) in [5, 5.41) is 36.6. The lowest BCUT2D eigenvalue weighted by atomic mass is 10.2. The molecule has 0 aliphatic rings. The highest BCUT2D eigenvalue weighted by Gasteiger charge is 2.30. The van der Waals surface area contributed by atoms with E-state index in [4.69, 9.17) is 20.1 Å². The molecule has 0 spiro atoms. The third-order valence-electron chi connectivity index (χ3n) is 2.51. The van der Waals surface area contributed by atoms with Crippen molar-refractivity contribution in [1.82, 2.24) is 0 Å². The van der Waals surface area contributed by atoms with E-state index >= 15 is 0 Å². The van der Waals surface area contributed by atoms with Gasteiger partial charge in [-0.3, -0.25) is 0 Å². The average Bonchev–Trinajstić information content (AvgIpc) is 2.43. The van der Waals surface area contributed by atoms with Crippen LogP contribution < -0.4 is 4.57 Å². The molecule has 3 atom stereocenters. The molecule has 1 heterocycles. The third kappa shape index (κ3) is 4.25. The SMILES string of the molecule is CC(CO)OC([C@@H](O)CO)[n+]1cccc(C(=O)O)c1. The molecule has 1 aromatic rings. The summed E-state index contributed by atoms with van der Waals surface area (Å²) in [6.45, 7) is 0.791. The lowest BCUT2D eigenvalue weighted by Crippen LogP contribution is -2.50. The number of aromatic carboxylic acids is 1. The number of ether oxygens (including phenoxy) is 1. The maximum Gasteiger partial charge on any atom is 0.341 e. The first-order valence-corrected chi connectivity index (χ1v) is 5.79. The van der Waals surface area contributed by atoms with Gasteiger partial charge in [0, 0.05) is 6.07 Å². The van der Waals surface area contributed by atoms with E-state index in [1.165, 1.54) is 29.1 Å². The standard InChI is InChI=1S/C12H17NO6/c1-8(6-14)19-11(10(16)7-15)13-4-2-3-9(5-13)12(17)18/h2-5,8,10-11,14-16H,6-7H2,1H3/p+1/t8?,10-,11?/m0/s1. The molecule has 1 rings (SSSR count). The van der Waals surface area contributed by atoms with Gasteiger partial charge in [-0.05, 0) is 13.0 Å². The van der Waals surface area contributed by atoms with Crippen molar-refractivity contribution in [3.05, 3.63) is 30.1 Å². The first-order valence-electron chi connectivity index (χ1n) is 5.79. The fourth-order valence-electron chi connectivity index (χ4n) is 1.51. The molecule has 0 amide bonds. The molecule has 0 aliphatic heterocycles. The highest BCUT2D eigenvalue weighted by Crippen LogP contribution is 2.10. The Kier molecular flexibility index (Phi) is 5.84. The number of nitrogens with zero attached hydrogens (tertiary/aromatic N) is 1. The van der Waals surface area contributed by atoms with Crippen LogP contribution in [-0.4, -0.2) is 51.8 Å². The summed E-state index contributed by atoms with van der Waals surface area (Å²) in [6, 6.07) is 2.89. The summed E-state index contributed by atoms with van der Waals surface area (Å²) in [5.74, 6) is -1.11. The second-order valence-corrected chi connectivity index (χ2v) is 4.11. The quantitative estimate of drug-likeness (QED) is 0.470. The van der Waals surface area contributed by atoms with Crippen molar-refractivity contribution in [2.45, 2.75) is 25.4 Å². The Morgan fingerprint density at radius 3 is 2.63 bits per heavy atom. The number of pyridine rings is 1. The van der Waals surface area contributed by atoms with Gasteiger partial charge in [0.15, 0.2) is 18.5 Å². The zero-order valence-corrected chi connectivity index (χ0v) is 10.5. The van der Waals surface area contributed by atoms with Gasteiger partial charge in [0.1, 0.15) is 5.56 Å². The van der Waals surface area contributed by atoms with E-state index in [1.54, 1.807) is 6.92 Å². The molecule has 7 nitrogen and oxygen atoms in total. The highest BCUT2D eigenvalue weighted by atomic mass is 16.5. The molecule has 19 heavy (non-hydrogen) atoms. The minimum atomic E-state index is -1.23. The first kappa shape index (κ1) is 15.5. The Morgan fingerprint density at radius 2 is 2.11 bits per heavy atom. The maximum absolute atomic E-state index is 10.9. The molecule has 0 fully saturated rings. The Hall–Kier alpha value is -1.54. The van der Waals surface area contributed by atoms with Crippen LogP contribution >= 0.6 is 0 Å². The van der Waals surface area contributed by atoms with Crippen LogP contribution in [0.5, 0.6) is 0 Å². The zero-order valence-electron chi connectivity index (χ0n) is 10.5. The van der Waals surface area contributed by atoms with Crippen LogP contribution in [0.1, 0.15) is 23.5 Å². The van der Waals surface area contributed by atoms with Crippen molar-refractivity contribution in [1.29, 1.82) is 0 Å². The highest BCUT2D eigenvalue weighted by molar-refractivity contribution is 5.86. The molecule has 1 aromatic heterocycles. The van der Waals surface area contributed by atoms with Gasteiger partial charge in [-0.25, -0.2) is 4.79 Å². The van der Waals surface area contributed by atoms with Gasteiger partial charge in [-0.1, -0.05) is 0 Å². The number of carboxylic acid groups (broad SMARTS) is 1. The van der Waals surface area contributed by atoms with Gasteiger partial charge in [0.2, 0.25) is 0 Å². The van der Waals surface area contributed by atoms with Crippen LogP contribution in [0.3, 0.4) is 0 Å². The van der Waals surface area contributed by atoms with Gasteiger partial charge in [-0.15, -0.1) is 0 Å². The van der Waals surface area contributed by atoms with Gasteiger partial charge >= 0.3 is 5.97 Å². The number of carbonyl (C=O) groups is 1. The van der Waals surface area contributed by atoms with Crippen LogP contribution in [0, 0.1) is 0 Å². The summed E-state index contributed by atoms with van der Waals surface area (Å²) in [6.07, 6.45) is 0.0254. The Bertz CT molecular complexity index is 424. The minimum absolute atomic E-state index is 0.0258. The fraction of sp³-hybridized carbons (Fsp3) is 0.500. The number of hydrogen-bond donors (Lipinski definition) is 4. The van der Waals surface area contributed by atoms with E-state index in [9.17, 15) is 9.90 Å². The molecule has 0 aromatic carbocycles. The lowest BCUT2D eigenvalue weighted by molar-refractivity contribution is -0.772. The maximum atomic E-state index is 10.9.